The molecule has 0 aromatic heterocycles. The number of aliphatic hydroxyl groups excluding tert-OH is 5. The van der Waals surface area contributed by atoms with Crippen LogP contribution in [0.2, 0.25) is 0 Å². The van der Waals surface area contributed by atoms with Crippen LogP contribution in [-0.2, 0) is 0 Å². The molecular weight excluding hydrogens is 336 g/mol. The molecule has 0 rings (SSSR count). The zero-order valence-corrected chi connectivity index (χ0v) is 14.9. The SMILES string of the molecule is CCC(O)(O)CC(C(O)CC(C)(O)CCCC(O)O)C(O)C(O)CO. The first kappa shape index (κ1) is 24.6. The monoisotopic (exact) mass is 370 g/mol. The van der Waals surface area contributed by atoms with E-state index in [0.717, 1.165) is 0 Å². The van der Waals surface area contributed by atoms with Crippen LogP contribution in [0.3, 0.4) is 0 Å². The van der Waals surface area contributed by atoms with Crippen molar-refractivity contribution in [3.63, 3.8) is 0 Å². The second-order valence-electron chi connectivity index (χ2n) is 7.09. The average molecular weight is 370 g/mol. The first-order valence-electron chi connectivity index (χ1n) is 8.53. The van der Waals surface area contributed by atoms with Crippen LogP contribution >= 0.6 is 0 Å². The van der Waals surface area contributed by atoms with Gasteiger partial charge in [-0.2, -0.15) is 0 Å². The quantitative estimate of drug-likeness (QED) is 0.162. The average Bonchev–Trinajstić information content (AvgIpc) is 2.49. The molecule has 0 saturated heterocycles. The minimum atomic E-state index is -2.19. The Kier molecular flexibility index (Phi) is 10.6. The molecule has 0 bridgehead atoms. The van der Waals surface area contributed by atoms with Crippen LogP contribution < -0.4 is 0 Å². The molecule has 152 valence electrons. The fourth-order valence-corrected chi connectivity index (χ4v) is 2.77. The molecule has 5 unspecified atom stereocenters. The Morgan fingerprint density at radius 1 is 0.880 bits per heavy atom. The summed E-state index contributed by atoms with van der Waals surface area (Å²) in [6, 6.07) is 0. The fraction of sp³-hybridized carbons (Fsp3) is 1.00. The number of aliphatic hydroxyl groups is 9. The Morgan fingerprint density at radius 3 is 1.88 bits per heavy atom. The van der Waals surface area contributed by atoms with Crippen LogP contribution in [0.1, 0.15) is 52.4 Å². The molecular formula is C16H34O9. The summed E-state index contributed by atoms with van der Waals surface area (Å²) in [5.41, 5.74) is -1.41. The van der Waals surface area contributed by atoms with Crippen LogP contribution in [-0.4, -0.2) is 88.6 Å². The normalized spacial score (nSPS) is 20.2. The lowest BCUT2D eigenvalue weighted by Gasteiger charge is -2.37. The smallest absolute Gasteiger partial charge is 0.162 e. The lowest BCUT2D eigenvalue weighted by molar-refractivity contribution is -0.199. The molecule has 0 amide bonds. The van der Waals surface area contributed by atoms with Crippen molar-refractivity contribution in [3.8, 4) is 0 Å². The maximum absolute atomic E-state index is 10.4. The summed E-state index contributed by atoms with van der Waals surface area (Å²) in [5.74, 6) is -3.39. The highest BCUT2D eigenvalue weighted by Gasteiger charge is 2.39. The second kappa shape index (κ2) is 10.7. The summed E-state index contributed by atoms with van der Waals surface area (Å²) in [7, 11) is 0. The van der Waals surface area contributed by atoms with Gasteiger partial charge in [0.25, 0.3) is 0 Å². The van der Waals surface area contributed by atoms with Crippen molar-refractivity contribution in [1.29, 1.82) is 0 Å². The van der Waals surface area contributed by atoms with Gasteiger partial charge in [-0.05, 0) is 32.6 Å². The molecule has 0 fully saturated rings. The van der Waals surface area contributed by atoms with Gasteiger partial charge in [-0.15, -0.1) is 0 Å². The second-order valence-corrected chi connectivity index (χ2v) is 7.09. The number of hydrogen-bond donors (Lipinski definition) is 9. The summed E-state index contributed by atoms with van der Waals surface area (Å²) in [6.07, 6.45) is -6.41. The van der Waals surface area contributed by atoms with Gasteiger partial charge in [0.15, 0.2) is 12.1 Å². The van der Waals surface area contributed by atoms with Crippen molar-refractivity contribution in [1.82, 2.24) is 0 Å². The predicted molar refractivity (Wildman–Crippen MR) is 88.0 cm³/mol. The van der Waals surface area contributed by atoms with Gasteiger partial charge < -0.3 is 46.0 Å². The summed E-state index contributed by atoms with van der Waals surface area (Å²) in [5, 5.41) is 86.7. The summed E-state index contributed by atoms with van der Waals surface area (Å²) >= 11 is 0. The van der Waals surface area contributed by atoms with E-state index in [1.165, 1.54) is 13.8 Å². The van der Waals surface area contributed by atoms with Gasteiger partial charge in [0.2, 0.25) is 0 Å². The molecule has 0 radical (unpaired) electrons. The Balaban J connectivity index is 5.04. The van der Waals surface area contributed by atoms with Crippen molar-refractivity contribution in [2.75, 3.05) is 6.61 Å². The van der Waals surface area contributed by atoms with Gasteiger partial charge in [0, 0.05) is 18.8 Å². The molecule has 9 N–H and O–H groups in total. The zero-order valence-electron chi connectivity index (χ0n) is 14.9. The highest BCUT2D eigenvalue weighted by atomic mass is 16.5. The summed E-state index contributed by atoms with van der Waals surface area (Å²) in [4.78, 5) is 0. The van der Waals surface area contributed by atoms with E-state index in [4.69, 9.17) is 15.3 Å². The lowest BCUT2D eigenvalue weighted by atomic mass is 9.80. The van der Waals surface area contributed by atoms with E-state index >= 15 is 0 Å². The van der Waals surface area contributed by atoms with E-state index in [2.05, 4.69) is 0 Å². The number of hydrogen-bond acceptors (Lipinski definition) is 9. The minimum absolute atomic E-state index is 0.0494. The van der Waals surface area contributed by atoms with Gasteiger partial charge in [0.1, 0.15) is 6.10 Å². The molecule has 0 spiro atoms. The Bertz CT molecular complexity index is 360. The lowest BCUT2D eigenvalue weighted by Crippen LogP contribution is -2.48. The van der Waals surface area contributed by atoms with Crippen LogP contribution in [0, 0.1) is 5.92 Å². The van der Waals surface area contributed by atoms with E-state index in [0.29, 0.717) is 0 Å². The van der Waals surface area contributed by atoms with E-state index < -0.39 is 54.9 Å². The fourth-order valence-electron chi connectivity index (χ4n) is 2.77. The Hall–Kier alpha value is -0.360. The van der Waals surface area contributed by atoms with Gasteiger partial charge in [0.05, 0.1) is 24.4 Å². The van der Waals surface area contributed by atoms with Crippen molar-refractivity contribution in [2.24, 2.45) is 5.92 Å². The van der Waals surface area contributed by atoms with E-state index in [1.54, 1.807) is 0 Å². The maximum Gasteiger partial charge on any atom is 0.162 e. The molecule has 0 aliphatic heterocycles. The molecule has 25 heavy (non-hydrogen) atoms. The first-order chi connectivity index (χ1) is 11.3. The molecule has 0 aromatic carbocycles. The van der Waals surface area contributed by atoms with Crippen molar-refractivity contribution in [3.05, 3.63) is 0 Å². The predicted octanol–water partition coefficient (Wildman–Crippen LogP) is -2.22. The number of rotatable bonds is 13. The highest BCUT2D eigenvalue weighted by molar-refractivity contribution is 4.88. The van der Waals surface area contributed by atoms with E-state index in [1.807, 2.05) is 0 Å². The maximum atomic E-state index is 10.4. The van der Waals surface area contributed by atoms with E-state index in [-0.39, 0.29) is 32.1 Å². The van der Waals surface area contributed by atoms with Crippen LogP contribution in [0.15, 0.2) is 0 Å². The largest absolute Gasteiger partial charge is 0.394 e. The van der Waals surface area contributed by atoms with Gasteiger partial charge in [-0.3, -0.25) is 0 Å². The molecule has 0 heterocycles. The van der Waals surface area contributed by atoms with Gasteiger partial charge in [-0.1, -0.05) is 6.92 Å². The summed E-state index contributed by atoms with van der Waals surface area (Å²) in [6.45, 7) is 2.15. The minimum Gasteiger partial charge on any atom is -0.394 e. The van der Waals surface area contributed by atoms with Crippen LogP contribution in [0.4, 0.5) is 0 Å². The molecule has 0 saturated carbocycles. The standard InChI is InChI=1S/C16H34O9/c1-3-16(24,25)7-10(14(22)12(19)9-17)11(18)8-15(2,23)6-4-5-13(20)21/h10-14,17-25H,3-9H2,1-2H3. The first-order valence-corrected chi connectivity index (χ1v) is 8.53. The van der Waals surface area contributed by atoms with Crippen LogP contribution in [0.5, 0.6) is 0 Å². The molecule has 5 atom stereocenters. The van der Waals surface area contributed by atoms with Crippen molar-refractivity contribution in [2.45, 2.75) is 88.4 Å². The van der Waals surface area contributed by atoms with Gasteiger partial charge >= 0.3 is 0 Å². The topological polar surface area (TPSA) is 182 Å². The zero-order chi connectivity index (χ0) is 19.8. The molecule has 9 heteroatoms. The molecule has 0 aliphatic carbocycles. The van der Waals surface area contributed by atoms with Crippen molar-refractivity contribution < 1.29 is 46.0 Å². The third kappa shape index (κ3) is 9.78. The van der Waals surface area contributed by atoms with Crippen molar-refractivity contribution >= 4 is 0 Å². The molecule has 0 aromatic rings. The molecule has 9 nitrogen and oxygen atoms in total. The van der Waals surface area contributed by atoms with Crippen LogP contribution in [0.25, 0.3) is 0 Å². The highest BCUT2D eigenvalue weighted by Crippen LogP contribution is 2.30. The Labute approximate surface area is 147 Å². The van der Waals surface area contributed by atoms with Gasteiger partial charge in [-0.25, -0.2) is 0 Å². The summed E-state index contributed by atoms with van der Waals surface area (Å²) < 4.78 is 0. The third-order valence-corrected chi connectivity index (χ3v) is 4.47. The van der Waals surface area contributed by atoms with E-state index in [9.17, 15) is 30.6 Å². The Morgan fingerprint density at radius 2 is 1.44 bits per heavy atom. The third-order valence-electron chi connectivity index (χ3n) is 4.47. The molecule has 0 aliphatic rings.